The van der Waals surface area contributed by atoms with Crippen LogP contribution in [0.5, 0.6) is 0 Å². The molecule has 2 fully saturated rings. The molecule has 1 aliphatic heterocycles. The van der Waals surface area contributed by atoms with E-state index in [1.165, 1.54) is 31.2 Å². The first kappa shape index (κ1) is 19.3. The van der Waals surface area contributed by atoms with E-state index in [0.29, 0.717) is 17.8 Å². The third-order valence-electron chi connectivity index (χ3n) is 5.88. The largest absolute Gasteiger partial charge is 0.307 e. The van der Waals surface area contributed by atoms with Crippen LogP contribution in [-0.2, 0) is 13.0 Å². The Hall–Kier alpha value is -2.02. The summed E-state index contributed by atoms with van der Waals surface area (Å²) in [6, 6.07) is 10.5. The number of hydrogen-bond donors (Lipinski definition) is 3. The van der Waals surface area contributed by atoms with Gasteiger partial charge in [-0.15, -0.1) is 0 Å². The number of nitrogens with one attached hydrogen (secondary N) is 3. The highest BCUT2D eigenvalue weighted by Gasteiger charge is 2.18. The topological polar surface area (TPSA) is 73.0 Å². The van der Waals surface area contributed by atoms with E-state index < -0.39 is 0 Å². The van der Waals surface area contributed by atoms with Crippen molar-refractivity contribution in [2.45, 2.75) is 51.1 Å². The Morgan fingerprint density at radius 2 is 2.04 bits per heavy atom. The molecule has 150 valence electrons. The van der Waals surface area contributed by atoms with Crippen molar-refractivity contribution >= 4 is 0 Å². The SMILES string of the molecule is CN(Cc1cccc(-c2nc(CC3CCCC3)cc(=O)[nH]2)c1)CC1CCNN1. The Morgan fingerprint density at radius 1 is 1.18 bits per heavy atom. The molecule has 1 aromatic carbocycles. The van der Waals surface area contributed by atoms with Crippen molar-refractivity contribution in [1.82, 2.24) is 25.7 Å². The van der Waals surface area contributed by atoms with Gasteiger partial charge in [-0.2, -0.15) is 0 Å². The predicted octanol–water partition coefficient (Wildman–Crippen LogP) is 2.47. The van der Waals surface area contributed by atoms with Crippen LogP contribution in [0, 0.1) is 5.92 Å². The highest BCUT2D eigenvalue weighted by atomic mass is 16.1. The Labute approximate surface area is 166 Å². The zero-order chi connectivity index (χ0) is 19.3. The lowest BCUT2D eigenvalue weighted by Crippen LogP contribution is -2.38. The second-order valence-corrected chi connectivity index (χ2v) is 8.39. The molecular weight excluding hydrogens is 350 g/mol. The van der Waals surface area contributed by atoms with Crippen molar-refractivity contribution in [3.8, 4) is 11.4 Å². The average molecular weight is 382 g/mol. The maximum atomic E-state index is 12.2. The number of hydrazine groups is 1. The van der Waals surface area contributed by atoms with Crippen molar-refractivity contribution < 1.29 is 0 Å². The fraction of sp³-hybridized carbons (Fsp3) is 0.545. The fourth-order valence-corrected chi connectivity index (χ4v) is 4.50. The molecule has 2 aliphatic rings. The van der Waals surface area contributed by atoms with Crippen LogP contribution in [0.2, 0.25) is 0 Å². The van der Waals surface area contributed by atoms with Gasteiger partial charge >= 0.3 is 0 Å². The minimum absolute atomic E-state index is 0.0553. The van der Waals surface area contributed by atoms with Crippen LogP contribution in [0.25, 0.3) is 11.4 Å². The first-order valence-corrected chi connectivity index (χ1v) is 10.5. The lowest BCUT2D eigenvalue weighted by molar-refractivity contribution is 0.289. The van der Waals surface area contributed by atoms with Gasteiger partial charge in [0, 0.05) is 43.0 Å². The van der Waals surface area contributed by atoms with Crippen molar-refractivity contribution in [2.24, 2.45) is 5.92 Å². The van der Waals surface area contributed by atoms with Gasteiger partial charge < -0.3 is 9.88 Å². The molecule has 6 nitrogen and oxygen atoms in total. The number of aromatic nitrogens is 2. The number of nitrogens with zero attached hydrogens (tertiary/aromatic N) is 2. The van der Waals surface area contributed by atoms with Crippen molar-refractivity contribution in [3.05, 3.63) is 51.9 Å². The zero-order valence-electron chi connectivity index (χ0n) is 16.7. The molecule has 2 aromatic rings. The summed E-state index contributed by atoms with van der Waals surface area (Å²) in [5.74, 6) is 1.37. The molecular formula is C22H31N5O. The second-order valence-electron chi connectivity index (χ2n) is 8.39. The highest BCUT2D eigenvalue weighted by molar-refractivity contribution is 5.56. The number of hydrogen-bond acceptors (Lipinski definition) is 5. The lowest BCUT2D eigenvalue weighted by atomic mass is 10.0. The maximum Gasteiger partial charge on any atom is 0.251 e. The summed E-state index contributed by atoms with van der Waals surface area (Å²) in [7, 11) is 2.15. The zero-order valence-corrected chi connectivity index (χ0v) is 16.7. The Bertz CT molecular complexity index is 837. The van der Waals surface area contributed by atoms with Gasteiger partial charge in [0.05, 0.1) is 0 Å². The minimum Gasteiger partial charge on any atom is -0.307 e. The molecule has 1 saturated heterocycles. The van der Waals surface area contributed by atoms with Gasteiger partial charge in [0.15, 0.2) is 0 Å². The molecule has 0 spiro atoms. The van der Waals surface area contributed by atoms with Gasteiger partial charge in [-0.25, -0.2) is 4.98 Å². The van der Waals surface area contributed by atoms with E-state index in [1.54, 1.807) is 6.07 Å². The van der Waals surface area contributed by atoms with Crippen LogP contribution in [0.4, 0.5) is 0 Å². The number of likely N-dealkylation sites (N-methyl/N-ethyl adjacent to an activating group) is 1. The normalized spacial score (nSPS) is 20.3. The predicted molar refractivity (Wildman–Crippen MR) is 112 cm³/mol. The third-order valence-corrected chi connectivity index (χ3v) is 5.88. The summed E-state index contributed by atoms with van der Waals surface area (Å²) < 4.78 is 0. The maximum absolute atomic E-state index is 12.2. The van der Waals surface area contributed by atoms with Crippen LogP contribution < -0.4 is 16.4 Å². The van der Waals surface area contributed by atoms with Gasteiger partial charge in [0.2, 0.25) is 0 Å². The van der Waals surface area contributed by atoms with Crippen LogP contribution in [0.1, 0.15) is 43.4 Å². The molecule has 6 heteroatoms. The molecule has 1 unspecified atom stereocenters. The summed E-state index contributed by atoms with van der Waals surface area (Å²) in [4.78, 5) is 22.2. The molecule has 1 atom stereocenters. The van der Waals surface area contributed by atoms with E-state index in [-0.39, 0.29) is 5.56 Å². The molecule has 1 aliphatic carbocycles. The molecule has 28 heavy (non-hydrogen) atoms. The van der Waals surface area contributed by atoms with Gasteiger partial charge in [-0.1, -0.05) is 43.9 Å². The van der Waals surface area contributed by atoms with Gasteiger partial charge in [-0.3, -0.25) is 15.6 Å². The summed E-state index contributed by atoms with van der Waals surface area (Å²) in [6.07, 6.45) is 7.21. The summed E-state index contributed by atoms with van der Waals surface area (Å²) in [6.45, 7) is 2.91. The summed E-state index contributed by atoms with van der Waals surface area (Å²) >= 11 is 0. The fourth-order valence-electron chi connectivity index (χ4n) is 4.50. The highest BCUT2D eigenvalue weighted by Crippen LogP contribution is 2.27. The Morgan fingerprint density at radius 3 is 2.82 bits per heavy atom. The van der Waals surface area contributed by atoms with Crippen molar-refractivity contribution in [3.63, 3.8) is 0 Å². The standard InChI is InChI=1S/C22H31N5O/c1-27(15-19-9-10-23-26-19)14-17-7-4-8-18(11-17)22-24-20(13-21(28)25-22)12-16-5-2-3-6-16/h4,7-8,11,13,16,19,23,26H,2-3,5-6,9-10,12,14-15H2,1H3,(H,24,25,28). The van der Waals surface area contributed by atoms with E-state index in [1.807, 2.05) is 6.07 Å². The van der Waals surface area contributed by atoms with Crippen LogP contribution >= 0.6 is 0 Å². The Balaban J connectivity index is 1.47. The number of aromatic amines is 1. The van der Waals surface area contributed by atoms with E-state index in [9.17, 15) is 4.79 Å². The number of benzene rings is 1. The molecule has 0 bridgehead atoms. The molecule has 0 radical (unpaired) electrons. The van der Waals surface area contributed by atoms with E-state index >= 15 is 0 Å². The van der Waals surface area contributed by atoms with Crippen LogP contribution in [0.3, 0.4) is 0 Å². The van der Waals surface area contributed by atoms with E-state index in [4.69, 9.17) is 4.98 Å². The molecule has 4 rings (SSSR count). The number of H-pyrrole nitrogens is 1. The van der Waals surface area contributed by atoms with Gasteiger partial charge in [-0.05, 0) is 37.4 Å². The summed E-state index contributed by atoms with van der Waals surface area (Å²) in [5, 5.41) is 0. The second kappa shape index (κ2) is 8.99. The molecule has 3 N–H and O–H groups in total. The third kappa shape index (κ3) is 5.07. The Kier molecular flexibility index (Phi) is 6.20. The first-order valence-electron chi connectivity index (χ1n) is 10.5. The van der Waals surface area contributed by atoms with Crippen molar-refractivity contribution in [2.75, 3.05) is 20.1 Å². The quantitative estimate of drug-likeness (QED) is 0.687. The summed E-state index contributed by atoms with van der Waals surface area (Å²) in [5.41, 5.74) is 9.58. The molecule has 2 heterocycles. The van der Waals surface area contributed by atoms with Crippen LogP contribution in [0.15, 0.2) is 35.1 Å². The minimum atomic E-state index is -0.0553. The smallest absolute Gasteiger partial charge is 0.251 e. The molecule has 0 amide bonds. The molecule has 1 aromatic heterocycles. The van der Waals surface area contributed by atoms with Gasteiger partial charge in [0.25, 0.3) is 5.56 Å². The lowest BCUT2D eigenvalue weighted by Gasteiger charge is -2.21. The van der Waals surface area contributed by atoms with Crippen molar-refractivity contribution in [1.29, 1.82) is 0 Å². The monoisotopic (exact) mass is 381 g/mol. The van der Waals surface area contributed by atoms with Gasteiger partial charge in [0.1, 0.15) is 5.82 Å². The number of rotatable bonds is 7. The van der Waals surface area contributed by atoms with E-state index in [2.05, 4.69) is 46.0 Å². The molecule has 1 saturated carbocycles. The first-order chi connectivity index (χ1) is 13.7. The van der Waals surface area contributed by atoms with E-state index in [0.717, 1.165) is 43.7 Å². The average Bonchev–Trinajstić information content (AvgIpc) is 3.35. The van der Waals surface area contributed by atoms with Crippen LogP contribution in [-0.4, -0.2) is 41.0 Å².